The predicted octanol–water partition coefficient (Wildman–Crippen LogP) is 5.17. The summed E-state index contributed by atoms with van der Waals surface area (Å²) in [6, 6.07) is 14.5. The molecule has 2 N–H and O–H groups in total. The first-order valence-electron chi connectivity index (χ1n) is 11.3. The number of hydrogen-bond acceptors (Lipinski definition) is 5. The lowest BCUT2D eigenvalue weighted by Crippen LogP contribution is -2.29. The molecule has 7 heteroatoms. The Morgan fingerprint density at radius 1 is 1.03 bits per heavy atom. The second-order valence-electron chi connectivity index (χ2n) is 8.52. The number of phenolic OH excluding ortho intramolecular Hbond substituents is 1. The van der Waals surface area contributed by atoms with E-state index in [0.717, 1.165) is 16.7 Å². The molecule has 3 aromatic carbocycles. The summed E-state index contributed by atoms with van der Waals surface area (Å²) in [6.45, 7) is 6.07. The number of aliphatic hydroxyl groups is 1. The van der Waals surface area contributed by atoms with Crippen molar-refractivity contribution in [2.45, 2.75) is 33.4 Å². The summed E-state index contributed by atoms with van der Waals surface area (Å²) >= 11 is 0. The number of benzene rings is 3. The van der Waals surface area contributed by atoms with Gasteiger partial charge in [0.05, 0.1) is 18.2 Å². The number of ether oxygens (including phenoxy) is 1. The van der Waals surface area contributed by atoms with Crippen LogP contribution in [0.1, 0.15) is 40.8 Å². The van der Waals surface area contributed by atoms with E-state index in [9.17, 15) is 24.2 Å². The summed E-state index contributed by atoms with van der Waals surface area (Å²) < 4.78 is 19.0. The third-order valence-corrected chi connectivity index (χ3v) is 6.10. The minimum atomic E-state index is -0.945. The maximum Gasteiger partial charge on any atom is 0.295 e. The van der Waals surface area contributed by atoms with Crippen LogP contribution in [0.15, 0.2) is 66.2 Å². The molecule has 0 spiro atoms. The third kappa shape index (κ3) is 4.62. The topological polar surface area (TPSA) is 87.1 Å². The molecule has 6 nitrogen and oxygen atoms in total. The van der Waals surface area contributed by atoms with Crippen molar-refractivity contribution in [2.75, 3.05) is 6.61 Å². The van der Waals surface area contributed by atoms with Gasteiger partial charge in [-0.15, -0.1) is 0 Å². The van der Waals surface area contributed by atoms with Gasteiger partial charge in [0, 0.05) is 12.1 Å². The predicted molar refractivity (Wildman–Crippen MR) is 129 cm³/mol. The molecule has 0 bridgehead atoms. The van der Waals surface area contributed by atoms with E-state index in [1.807, 2.05) is 32.0 Å². The van der Waals surface area contributed by atoms with E-state index < -0.39 is 29.3 Å². The van der Waals surface area contributed by atoms with E-state index in [4.69, 9.17) is 4.74 Å². The zero-order chi connectivity index (χ0) is 25.3. The average molecular weight is 476 g/mol. The van der Waals surface area contributed by atoms with E-state index in [1.165, 1.54) is 35.2 Å². The lowest BCUT2D eigenvalue weighted by Gasteiger charge is -2.26. The number of aromatic hydroxyl groups is 1. The molecule has 1 amide bonds. The average Bonchev–Trinajstić information content (AvgIpc) is 3.08. The SMILES string of the molecule is CCOc1cc(C2/C(=C(/O)c3ccc(F)cc3)C(=O)C(=O)N2Cc2cc(C)ccc2C)ccc1O. The minimum Gasteiger partial charge on any atom is -0.507 e. The number of likely N-dealkylation sites (tertiary alicyclic amines) is 1. The van der Waals surface area contributed by atoms with Gasteiger partial charge in [-0.2, -0.15) is 0 Å². The van der Waals surface area contributed by atoms with Crippen molar-refractivity contribution >= 4 is 17.4 Å². The normalized spacial score (nSPS) is 17.1. The number of carbonyl (C=O) groups is 2. The van der Waals surface area contributed by atoms with Gasteiger partial charge in [-0.05, 0) is 73.9 Å². The molecule has 1 heterocycles. The maximum absolute atomic E-state index is 13.5. The zero-order valence-corrected chi connectivity index (χ0v) is 19.7. The van der Waals surface area contributed by atoms with Crippen molar-refractivity contribution in [3.05, 3.63) is 99.9 Å². The second-order valence-corrected chi connectivity index (χ2v) is 8.52. The lowest BCUT2D eigenvalue weighted by atomic mass is 9.94. The Kier molecular flexibility index (Phi) is 6.60. The van der Waals surface area contributed by atoms with Crippen LogP contribution in [0.2, 0.25) is 0 Å². The van der Waals surface area contributed by atoms with E-state index in [2.05, 4.69) is 0 Å². The first kappa shape index (κ1) is 24.0. The van der Waals surface area contributed by atoms with E-state index in [-0.39, 0.29) is 29.2 Å². The summed E-state index contributed by atoms with van der Waals surface area (Å²) in [7, 11) is 0. The highest BCUT2D eigenvalue weighted by atomic mass is 19.1. The lowest BCUT2D eigenvalue weighted by molar-refractivity contribution is -0.140. The Labute approximate surface area is 202 Å². The minimum absolute atomic E-state index is 0.0828. The number of amides is 1. The van der Waals surface area contributed by atoms with Gasteiger partial charge in [0.1, 0.15) is 11.6 Å². The molecule has 1 saturated heterocycles. The van der Waals surface area contributed by atoms with Crippen molar-refractivity contribution < 1.29 is 28.9 Å². The number of halogens is 1. The van der Waals surface area contributed by atoms with Crippen LogP contribution in [0, 0.1) is 19.7 Å². The smallest absolute Gasteiger partial charge is 0.295 e. The Morgan fingerprint density at radius 2 is 1.74 bits per heavy atom. The number of Topliss-reactive ketones (excluding diaryl/α,β-unsaturated/α-hetero) is 1. The summed E-state index contributed by atoms with van der Waals surface area (Å²) in [5, 5.41) is 21.3. The number of nitrogens with zero attached hydrogens (tertiary/aromatic N) is 1. The van der Waals surface area contributed by atoms with E-state index >= 15 is 0 Å². The van der Waals surface area contributed by atoms with Crippen LogP contribution < -0.4 is 4.74 Å². The number of phenols is 1. The quantitative estimate of drug-likeness (QED) is 0.292. The van der Waals surface area contributed by atoms with Crippen molar-refractivity contribution in [3.63, 3.8) is 0 Å². The van der Waals surface area contributed by atoms with Crippen LogP contribution in [0.3, 0.4) is 0 Å². The van der Waals surface area contributed by atoms with Gasteiger partial charge in [-0.1, -0.05) is 29.8 Å². The van der Waals surface area contributed by atoms with Crippen molar-refractivity contribution in [3.8, 4) is 11.5 Å². The van der Waals surface area contributed by atoms with Gasteiger partial charge in [0.15, 0.2) is 11.5 Å². The van der Waals surface area contributed by atoms with Gasteiger partial charge >= 0.3 is 0 Å². The number of hydrogen-bond donors (Lipinski definition) is 2. The maximum atomic E-state index is 13.5. The van der Waals surface area contributed by atoms with Gasteiger partial charge < -0.3 is 19.8 Å². The van der Waals surface area contributed by atoms with E-state index in [1.54, 1.807) is 19.1 Å². The van der Waals surface area contributed by atoms with Crippen molar-refractivity contribution in [1.82, 2.24) is 4.90 Å². The first-order valence-corrected chi connectivity index (χ1v) is 11.3. The molecule has 0 aliphatic carbocycles. The molecule has 1 unspecified atom stereocenters. The van der Waals surface area contributed by atoms with Gasteiger partial charge in [-0.25, -0.2) is 4.39 Å². The Balaban J connectivity index is 1.90. The molecule has 0 aromatic heterocycles. The molecule has 0 saturated carbocycles. The van der Waals surface area contributed by atoms with E-state index in [0.29, 0.717) is 12.2 Å². The molecule has 0 radical (unpaired) electrons. The molecular weight excluding hydrogens is 449 g/mol. The van der Waals surface area contributed by atoms with Crippen LogP contribution in [-0.2, 0) is 16.1 Å². The van der Waals surface area contributed by atoms with Crippen LogP contribution in [0.25, 0.3) is 5.76 Å². The van der Waals surface area contributed by atoms with Crippen LogP contribution in [0.5, 0.6) is 11.5 Å². The van der Waals surface area contributed by atoms with Crippen molar-refractivity contribution in [1.29, 1.82) is 0 Å². The highest BCUT2D eigenvalue weighted by Gasteiger charge is 2.46. The summed E-state index contributed by atoms with van der Waals surface area (Å²) in [6.07, 6.45) is 0. The summed E-state index contributed by atoms with van der Waals surface area (Å²) in [5.74, 6) is -2.38. The molecular formula is C28H26FNO5. The largest absolute Gasteiger partial charge is 0.507 e. The number of ketones is 1. The fraction of sp³-hybridized carbons (Fsp3) is 0.214. The molecule has 35 heavy (non-hydrogen) atoms. The molecule has 180 valence electrons. The molecule has 1 atom stereocenters. The number of carbonyl (C=O) groups excluding carboxylic acids is 2. The second kappa shape index (κ2) is 9.62. The molecule has 4 rings (SSSR count). The molecule has 1 aliphatic heterocycles. The monoisotopic (exact) mass is 475 g/mol. The third-order valence-electron chi connectivity index (χ3n) is 6.10. The molecule has 1 aliphatic rings. The van der Waals surface area contributed by atoms with Crippen LogP contribution >= 0.6 is 0 Å². The van der Waals surface area contributed by atoms with Gasteiger partial charge in [0.25, 0.3) is 11.7 Å². The van der Waals surface area contributed by atoms with Gasteiger partial charge in [0.2, 0.25) is 0 Å². The summed E-state index contributed by atoms with van der Waals surface area (Å²) in [5.41, 5.74) is 3.41. The Bertz CT molecular complexity index is 1330. The standard InChI is InChI=1S/C28H26FNO5/c1-4-35-23-14-19(9-12-22(23)31)25-24(26(32)18-7-10-21(29)11-8-18)27(33)28(34)30(25)15-20-13-16(2)5-6-17(20)3/h5-14,25,31-32H,4,15H2,1-3H3/b26-24-. The number of aryl methyl sites for hydroxylation is 2. The fourth-order valence-corrected chi connectivity index (χ4v) is 4.28. The summed E-state index contributed by atoms with van der Waals surface area (Å²) in [4.78, 5) is 27.9. The highest BCUT2D eigenvalue weighted by Crippen LogP contribution is 2.42. The molecule has 1 fully saturated rings. The first-order chi connectivity index (χ1) is 16.7. The van der Waals surface area contributed by atoms with Crippen molar-refractivity contribution in [2.24, 2.45) is 0 Å². The number of aliphatic hydroxyl groups excluding tert-OH is 1. The van der Waals surface area contributed by atoms with Crippen LogP contribution in [0.4, 0.5) is 4.39 Å². The fourth-order valence-electron chi connectivity index (χ4n) is 4.28. The Morgan fingerprint density at radius 3 is 2.43 bits per heavy atom. The van der Waals surface area contributed by atoms with Crippen LogP contribution in [-0.4, -0.2) is 33.4 Å². The highest BCUT2D eigenvalue weighted by molar-refractivity contribution is 6.46. The molecule has 3 aromatic rings. The number of rotatable bonds is 6. The van der Waals surface area contributed by atoms with Gasteiger partial charge in [-0.3, -0.25) is 9.59 Å². The Hall–Kier alpha value is -4.13. The zero-order valence-electron chi connectivity index (χ0n) is 19.7.